The van der Waals surface area contributed by atoms with Crippen molar-refractivity contribution in [1.82, 2.24) is 15.2 Å². The average Bonchev–Trinajstić information content (AvgIpc) is 3.41. The maximum absolute atomic E-state index is 13.6. The van der Waals surface area contributed by atoms with Crippen LogP contribution in [0.1, 0.15) is 4.88 Å². The van der Waals surface area contributed by atoms with Crippen molar-refractivity contribution in [3.8, 4) is 16.3 Å². The molecule has 6 nitrogen and oxygen atoms in total. The molecule has 3 N–H and O–H groups in total. The van der Waals surface area contributed by atoms with Crippen LogP contribution in [0.25, 0.3) is 21.2 Å². The number of benzene rings is 2. The highest BCUT2D eigenvalue weighted by molar-refractivity contribution is 7.15. The van der Waals surface area contributed by atoms with E-state index in [4.69, 9.17) is 0 Å². The predicted octanol–water partition coefficient (Wildman–Crippen LogP) is 3.95. The normalized spacial score (nSPS) is 18.6. The summed E-state index contributed by atoms with van der Waals surface area (Å²) in [4.78, 5) is 26.5. The summed E-state index contributed by atoms with van der Waals surface area (Å²) in [7, 11) is 0. The zero-order valence-corrected chi connectivity index (χ0v) is 16.4. The van der Waals surface area contributed by atoms with Gasteiger partial charge in [-0.1, -0.05) is 30.3 Å². The Kier molecular flexibility index (Phi) is 4.11. The van der Waals surface area contributed by atoms with Crippen LogP contribution in [0.2, 0.25) is 0 Å². The maximum atomic E-state index is 13.6. The van der Waals surface area contributed by atoms with Gasteiger partial charge in [0.15, 0.2) is 11.4 Å². The van der Waals surface area contributed by atoms with Gasteiger partial charge in [0.2, 0.25) is 0 Å². The fourth-order valence-corrected chi connectivity index (χ4v) is 4.92. The number of hydrogen-bond acceptors (Lipinski definition) is 4. The number of urea groups is 1. The lowest BCUT2D eigenvalue weighted by molar-refractivity contribution is -0.124. The number of halogens is 1. The standard InChI is InChI=1S/C22H16FN3O3S/c23-15-7-6-14-11-26(19(27)16(14)10-15)12-22(20(28)24-21(29)25-22)18-9-8-17(30-18)13-4-2-1-3-5-13/h1-11,27H,12H2,(H2,24,25,28,29)/t22-/m0/s1. The number of thiophene rings is 1. The first-order chi connectivity index (χ1) is 14.5. The molecule has 2 aromatic carbocycles. The second kappa shape index (κ2) is 6.70. The Balaban J connectivity index is 1.60. The summed E-state index contributed by atoms with van der Waals surface area (Å²) in [6, 6.07) is 16.9. The highest BCUT2D eigenvalue weighted by Gasteiger charge is 2.49. The van der Waals surface area contributed by atoms with Crippen LogP contribution in [0.15, 0.2) is 66.9 Å². The SMILES string of the molecule is O=C1NC(=O)[C@](Cn2cc3ccc(F)cc3c2O)(c2ccc(-c3ccccc3)s2)N1. The van der Waals surface area contributed by atoms with Crippen LogP contribution in [-0.2, 0) is 16.9 Å². The zero-order valence-electron chi connectivity index (χ0n) is 15.6. The second-order valence-electron chi connectivity index (χ2n) is 7.16. The summed E-state index contributed by atoms with van der Waals surface area (Å²) in [6.07, 6.45) is 1.63. The molecule has 0 saturated carbocycles. The Bertz CT molecular complexity index is 1300. The molecular weight excluding hydrogens is 405 g/mol. The highest BCUT2D eigenvalue weighted by Crippen LogP contribution is 2.39. The van der Waals surface area contributed by atoms with Crippen LogP contribution >= 0.6 is 11.3 Å². The first-order valence-electron chi connectivity index (χ1n) is 9.23. The number of aromatic nitrogens is 1. The number of carbonyl (C=O) groups is 2. The van der Waals surface area contributed by atoms with Gasteiger partial charge in [-0.15, -0.1) is 11.3 Å². The second-order valence-corrected chi connectivity index (χ2v) is 8.24. The van der Waals surface area contributed by atoms with Crippen LogP contribution in [0, 0.1) is 5.82 Å². The molecule has 1 aliphatic heterocycles. The summed E-state index contributed by atoms with van der Waals surface area (Å²) in [6.45, 7) is -0.0402. The first-order valence-corrected chi connectivity index (χ1v) is 10.0. The number of aromatic hydroxyl groups is 1. The molecular formula is C22H16FN3O3S. The third kappa shape index (κ3) is 2.84. The summed E-state index contributed by atoms with van der Waals surface area (Å²) in [5, 5.41) is 16.6. The van der Waals surface area contributed by atoms with Crippen molar-refractivity contribution >= 4 is 34.0 Å². The average molecular weight is 421 g/mol. The summed E-state index contributed by atoms with van der Waals surface area (Å²) < 4.78 is 15.1. The fourth-order valence-electron chi connectivity index (χ4n) is 3.77. The Morgan fingerprint density at radius 1 is 1.07 bits per heavy atom. The number of rotatable bonds is 4. The first kappa shape index (κ1) is 18.4. The maximum Gasteiger partial charge on any atom is 0.322 e. The van der Waals surface area contributed by atoms with Crippen molar-refractivity contribution < 1.29 is 19.1 Å². The molecule has 3 heterocycles. The molecule has 5 rings (SSSR count). The molecule has 1 fully saturated rings. The van der Waals surface area contributed by atoms with Gasteiger partial charge >= 0.3 is 6.03 Å². The minimum Gasteiger partial charge on any atom is -0.494 e. The Morgan fingerprint density at radius 3 is 2.60 bits per heavy atom. The number of nitrogens with one attached hydrogen (secondary N) is 2. The highest BCUT2D eigenvalue weighted by atomic mass is 32.1. The largest absolute Gasteiger partial charge is 0.494 e. The van der Waals surface area contributed by atoms with Gasteiger partial charge in [0, 0.05) is 26.7 Å². The lowest BCUT2D eigenvalue weighted by Gasteiger charge is -2.25. The minimum atomic E-state index is -1.39. The van der Waals surface area contributed by atoms with Crippen LogP contribution in [0.5, 0.6) is 5.88 Å². The molecule has 1 aliphatic rings. The van der Waals surface area contributed by atoms with E-state index < -0.39 is 23.3 Å². The van der Waals surface area contributed by atoms with Gasteiger partial charge in [0.05, 0.1) is 6.54 Å². The molecule has 30 heavy (non-hydrogen) atoms. The van der Waals surface area contributed by atoms with Crippen LogP contribution < -0.4 is 10.6 Å². The van der Waals surface area contributed by atoms with Crippen LogP contribution in [0.3, 0.4) is 0 Å². The molecule has 0 aliphatic carbocycles. The van der Waals surface area contributed by atoms with Gasteiger partial charge in [0.1, 0.15) is 5.82 Å². The number of hydrogen-bond donors (Lipinski definition) is 3. The van der Waals surface area contributed by atoms with Gasteiger partial charge in [0.25, 0.3) is 5.91 Å². The minimum absolute atomic E-state index is 0.0402. The monoisotopic (exact) mass is 421 g/mol. The lowest BCUT2D eigenvalue weighted by Crippen LogP contribution is -2.46. The predicted molar refractivity (Wildman–Crippen MR) is 112 cm³/mol. The van der Waals surface area contributed by atoms with Crippen LogP contribution in [0.4, 0.5) is 9.18 Å². The van der Waals surface area contributed by atoms with Crippen molar-refractivity contribution in [3.05, 3.63) is 77.6 Å². The molecule has 0 radical (unpaired) electrons. The molecule has 0 spiro atoms. The molecule has 0 bridgehead atoms. The van der Waals surface area contributed by atoms with E-state index in [2.05, 4.69) is 10.6 Å². The van der Waals surface area contributed by atoms with Gasteiger partial charge < -0.3 is 15.0 Å². The van der Waals surface area contributed by atoms with Crippen molar-refractivity contribution in [2.45, 2.75) is 12.1 Å². The zero-order chi connectivity index (χ0) is 20.9. The summed E-state index contributed by atoms with van der Waals surface area (Å²) >= 11 is 1.39. The number of nitrogens with zero attached hydrogens (tertiary/aromatic N) is 1. The quantitative estimate of drug-likeness (QED) is 0.437. The summed E-state index contributed by atoms with van der Waals surface area (Å²) in [5.41, 5.74) is -0.390. The summed E-state index contributed by atoms with van der Waals surface area (Å²) in [5.74, 6) is -1.14. The molecule has 1 saturated heterocycles. The Labute approximate surface area is 174 Å². The Morgan fingerprint density at radius 2 is 1.87 bits per heavy atom. The fraction of sp³-hybridized carbons (Fsp3) is 0.0909. The van der Waals surface area contributed by atoms with E-state index in [1.807, 2.05) is 36.4 Å². The number of amides is 3. The van der Waals surface area contributed by atoms with E-state index in [9.17, 15) is 19.1 Å². The van der Waals surface area contributed by atoms with E-state index in [0.29, 0.717) is 15.6 Å². The van der Waals surface area contributed by atoms with Crippen molar-refractivity contribution in [1.29, 1.82) is 0 Å². The van der Waals surface area contributed by atoms with E-state index in [1.165, 1.54) is 28.0 Å². The smallest absolute Gasteiger partial charge is 0.322 e. The van der Waals surface area contributed by atoms with Crippen molar-refractivity contribution in [2.24, 2.45) is 0 Å². The van der Waals surface area contributed by atoms with E-state index >= 15 is 0 Å². The third-order valence-corrected chi connectivity index (χ3v) is 6.55. The van der Waals surface area contributed by atoms with E-state index in [-0.39, 0.29) is 12.4 Å². The molecule has 150 valence electrons. The van der Waals surface area contributed by atoms with Gasteiger partial charge in [-0.25, -0.2) is 9.18 Å². The van der Waals surface area contributed by atoms with Crippen molar-refractivity contribution in [3.63, 3.8) is 0 Å². The van der Waals surface area contributed by atoms with Gasteiger partial charge in [-0.05, 0) is 35.9 Å². The van der Waals surface area contributed by atoms with E-state index in [1.54, 1.807) is 18.3 Å². The molecule has 3 amide bonds. The molecule has 4 aromatic rings. The number of carbonyl (C=O) groups excluding carboxylic acids is 2. The Hall–Kier alpha value is -3.65. The number of imide groups is 1. The molecule has 2 aromatic heterocycles. The molecule has 1 atom stereocenters. The molecule has 8 heteroatoms. The number of fused-ring (bicyclic) bond motifs is 1. The lowest BCUT2D eigenvalue weighted by atomic mass is 9.97. The van der Waals surface area contributed by atoms with Crippen molar-refractivity contribution in [2.75, 3.05) is 0 Å². The van der Waals surface area contributed by atoms with Gasteiger partial charge in [-0.3, -0.25) is 10.1 Å². The third-order valence-electron chi connectivity index (χ3n) is 5.26. The van der Waals surface area contributed by atoms with Gasteiger partial charge in [-0.2, -0.15) is 0 Å². The topological polar surface area (TPSA) is 83.4 Å². The molecule has 0 unspecified atom stereocenters. The van der Waals surface area contributed by atoms with E-state index in [0.717, 1.165) is 10.4 Å². The van der Waals surface area contributed by atoms with Crippen LogP contribution in [-0.4, -0.2) is 21.6 Å².